The minimum absolute atomic E-state index is 0.953. The highest BCUT2D eigenvalue weighted by Crippen LogP contribution is 2.23. The number of furan rings is 1. The van der Waals surface area contributed by atoms with E-state index >= 15 is 0 Å². The van der Waals surface area contributed by atoms with Crippen LogP contribution < -0.4 is 0 Å². The van der Waals surface area contributed by atoms with Crippen LogP contribution in [0, 0.1) is 0 Å². The maximum Gasteiger partial charge on any atom is 0.144 e. The van der Waals surface area contributed by atoms with E-state index in [-0.39, 0.29) is 0 Å². The van der Waals surface area contributed by atoms with E-state index in [1.54, 1.807) is 18.7 Å². The minimum atomic E-state index is 0.953. The van der Waals surface area contributed by atoms with Gasteiger partial charge in [-0.15, -0.1) is 0 Å². The van der Waals surface area contributed by atoms with Crippen molar-refractivity contribution in [1.82, 2.24) is 9.38 Å². The summed E-state index contributed by atoms with van der Waals surface area (Å²) in [7, 11) is 0. The molecule has 14 heavy (non-hydrogen) atoms. The molecule has 0 saturated carbocycles. The van der Waals surface area contributed by atoms with Gasteiger partial charge in [-0.2, -0.15) is 0 Å². The molecule has 0 fully saturated rings. The van der Waals surface area contributed by atoms with E-state index in [1.165, 1.54) is 0 Å². The van der Waals surface area contributed by atoms with Crippen molar-refractivity contribution in [2.24, 2.45) is 0 Å². The molecule has 3 nitrogen and oxygen atoms in total. The van der Waals surface area contributed by atoms with Crippen LogP contribution in [0.3, 0.4) is 0 Å². The molecule has 3 heterocycles. The first-order chi connectivity index (χ1) is 6.95. The number of nitrogens with zero attached hydrogens (tertiary/aromatic N) is 2. The van der Waals surface area contributed by atoms with Crippen molar-refractivity contribution in [2.75, 3.05) is 0 Å². The number of rotatable bonds is 1. The van der Waals surface area contributed by atoms with Gasteiger partial charge in [0, 0.05) is 29.7 Å². The molecule has 0 aliphatic heterocycles. The zero-order chi connectivity index (χ0) is 9.38. The molecule has 0 aliphatic carbocycles. The molecule has 0 aromatic carbocycles. The highest BCUT2D eigenvalue weighted by Gasteiger charge is 2.04. The van der Waals surface area contributed by atoms with E-state index in [2.05, 4.69) is 4.98 Å². The number of hydrogen-bond acceptors (Lipinski definition) is 2. The smallest absolute Gasteiger partial charge is 0.144 e. The van der Waals surface area contributed by atoms with Gasteiger partial charge in [-0.05, 0) is 18.2 Å². The van der Waals surface area contributed by atoms with Crippen molar-refractivity contribution < 1.29 is 4.42 Å². The Morgan fingerprint density at radius 3 is 3.07 bits per heavy atom. The number of imidazole rings is 1. The van der Waals surface area contributed by atoms with Crippen LogP contribution in [0.5, 0.6) is 0 Å². The molecule has 0 amide bonds. The molecule has 0 spiro atoms. The van der Waals surface area contributed by atoms with Gasteiger partial charge >= 0.3 is 0 Å². The Bertz CT molecular complexity index is 551. The summed E-state index contributed by atoms with van der Waals surface area (Å²) >= 11 is 0. The standard InChI is InChI=1S/C11H8N2O/c1-2-10(9-3-7-14-8-9)11-12-4-6-13(11)5-1/h1-8H. The van der Waals surface area contributed by atoms with Gasteiger partial charge in [0.25, 0.3) is 0 Å². The molecule has 3 rings (SSSR count). The molecule has 0 N–H and O–H groups in total. The number of pyridine rings is 1. The predicted molar refractivity (Wildman–Crippen MR) is 52.9 cm³/mol. The lowest BCUT2D eigenvalue weighted by Gasteiger charge is -1.99. The molecule has 68 valence electrons. The fourth-order valence-electron chi connectivity index (χ4n) is 1.59. The molecular weight excluding hydrogens is 176 g/mol. The van der Waals surface area contributed by atoms with E-state index in [4.69, 9.17) is 4.42 Å². The number of hydrogen-bond donors (Lipinski definition) is 0. The second kappa shape index (κ2) is 2.73. The average Bonchev–Trinajstić information content (AvgIpc) is 2.88. The summed E-state index contributed by atoms with van der Waals surface area (Å²) in [5.74, 6) is 0. The maximum atomic E-state index is 5.06. The summed E-state index contributed by atoms with van der Waals surface area (Å²) in [6.07, 6.45) is 9.09. The molecule has 0 unspecified atom stereocenters. The van der Waals surface area contributed by atoms with E-state index in [0.717, 1.165) is 16.8 Å². The summed E-state index contributed by atoms with van der Waals surface area (Å²) < 4.78 is 7.05. The molecule has 3 heteroatoms. The van der Waals surface area contributed by atoms with Crippen LogP contribution in [0.1, 0.15) is 0 Å². The van der Waals surface area contributed by atoms with Crippen LogP contribution in [-0.4, -0.2) is 9.38 Å². The Kier molecular flexibility index (Phi) is 1.44. The van der Waals surface area contributed by atoms with Crippen molar-refractivity contribution >= 4 is 5.65 Å². The zero-order valence-electron chi connectivity index (χ0n) is 7.42. The Hall–Kier alpha value is -2.03. The third kappa shape index (κ3) is 0.956. The monoisotopic (exact) mass is 184 g/mol. The topological polar surface area (TPSA) is 30.4 Å². The van der Waals surface area contributed by atoms with Crippen molar-refractivity contribution in [2.45, 2.75) is 0 Å². The van der Waals surface area contributed by atoms with Crippen LogP contribution in [0.2, 0.25) is 0 Å². The molecule has 0 aliphatic rings. The van der Waals surface area contributed by atoms with Crippen LogP contribution >= 0.6 is 0 Å². The highest BCUT2D eigenvalue weighted by atomic mass is 16.3. The summed E-state index contributed by atoms with van der Waals surface area (Å²) in [4.78, 5) is 4.30. The van der Waals surface area contributed by atoms with Gasteiger partial charge in [0.2, 0.25) is 0 Å². The van der Waals surface area contributed by atoms with Crippen molar-refractivity contribution in [3.63, 3.8) is 0 Å². The fourth-order valence-corrected chi connectivity index (χ4v) is 1.59. The van der Waals surface area contributed by atoms with Gasteiger partial charge in [0.05, 0.1) is 12.5 Å². The van der Waals surface area contributed by atoms with Crippen molar-refractivity contribution in [1.29, 1.82) is 0 Å². The molecular formula is C11H8N2O. The normalized spacial score (nSPS) is 10.9. The van der Waals surface area contributed by atoms with E-state index in [0.29, 0.717) is 0 Å². The van der Waals surface area contributed by atoms with Gasteiger partial charge in [-0.3, -0.25) is 0 Å². The molecule has 3 aromatic heterocycles. The second-order valence-corrected chi connectivity index (χ2v) is 3.09. The summed E-state index contributed by atoms with van der Waals surface area (Å²) in [6, 6.07) is 5.97. The minimum Gasteiger partial charge on any atom is -0.472 e. The predicted octanol–water partition coefficient (Wildman–Crippen LogP) is 2.59. The first-order valence-electron chi connectivity index (χ1n) is 4.39. The zero-order valence-corrected chi connectivity index (χ0v) is 7.42. The second-order valence-electron chi connectivity index (χ2n) is 3.09. The van der Waals surface area contributed by atoms with Gasteiger partial charge in [0.1, 0.15) is 5.65 Å². The summed E-state index contributed by atoms with van der Waals surface area (Å²) in [5, 5.41) is 0. The largest absolute Gasteiger partial charge is 0.472 e. The Labute approximate surface area is 80.6 Å². The number of aromatic nitrogens is 2. The quantitative estimate of drug-likeness (QED) is 0.582. The Balaban J connectivity index is 2.36. The van der Waals surface area contributed by atoms with Gasteiger partial charge in [-0.25, -0.2) is 4.98 Å². The Morgan fingerprint density at radius 2 is 2.21 bits per heavy atom. The number of fused-ring (bicyclic) bond motifs is 1. The third-order valence-corrected chi connectivity index (χ3v) is 2.25. The van der Waals surface area contributed by atoms with E-state index < -0.39 is 0 Å². The fraction of sp³-hybridized carbons (Fsp3) is 0. The van der Waals surface area contributed by atoms with Crippen LogP contribution in [0.25, 0.3) is 16.8 Å². The van der Waals surface area contributed by atoms with Crippen molar-refractivity contribution in [3.8, 4) is 11.1 Å². The van der Waals surface area contributed by atoms with E-state index in [1.807, 2.05) is 35.0 Å². The lowest BCUT2D eigenvalue weighted by atomic mass is 10.1. The van der Waals surface area contributed by atoms with E-state index in [9.17, 15) is 0 Å². The first-order valence-corrected chi connectivity index (χ1v) is 4.39. The SMILES string of the molecule is c1cc(-c2ccoc2)c2nccn2c1. The van der Waals surface area contributed by atoms with Crippen LogP contribution in [-0.2, 0) is 0 Å². The summed E-state index contributed by atoms with van der Waals surface area (Å²) in [5.41, 5.74) is 3.10. The van der Waals surface area contributed by atoms with Gasteiger partial charge in [0.15, 0.2) is 0 Å². The molecule has 0 bridgehead atoms. The summed E-state index contributed by atoms with van der Waals surface area (Å²) in [6.45, 7) is 0. The molecule has 3 aromatic rings. The molecule has 0 atom stereocenters. The van der Waals surface area contributed by atoms with Gasteiger partial charge in [-0.1, -0.05) is 0 Å². The third-order valence-electron chi connectivity index (χ3n) is 2.25. The van der Waals surface area contributed by atoms with Crippen LogP contribution in [0.4, 0.5) is 0 Å². The van der Waals surface area contributed by atoms with Crippen molar-refractivity contribution in [3.05, 3.63) is 49.3 Å². The lowest BCUT2D eigenvalue weighted by molar-refractivity contribution is 0.568. The van der Waals surface area contributed by atoms with Crippen LogP contribution in [0.15, 0.2) is 53.7 Å². The highest BCUT2D eigenvalue weighted by molar-refractivity contribution is 5.76. The molecule has 0 radical (unpaired) electrons. The molecule has 0 saturated heterocycles. The lowest BCUT2D eigenvalue weighted by Crippen LogP contribution is -1.85. The Morgan fingerprint density at radius 1 is 1.21 bits per heavy atom. The average molecular weight is 184 g/mol. The van der Waals surface area contributed by atoms with Gasteiger partial charge < -0.3 is 8.82 Å². The first kappa shape index (κ1) is 7.38. The maximum absolute atomic E-state index is 5.06.